The molecule has 0 saturated heterocycles. The lowest BCUT2D eigenvalue weighted by atomic mass is 10.2. The van der Waals surface area contributed by atoms with Crippen LogP contribution in [0.2, 0.25) is 0 Å². The molecule has 1 N–H and O–H groups in total. The van der Waals surface area contributed by atoms with Crippen molar-refractivity contribution in [3.8, 4) is 0 Å². The van der Waals surface area contributed by atoms with E-state index in [9.17, 15) is 4.79 Å². The van der Waals surface area contributed by atoms with Crippen LogP contribution in [0, 0.1) is 6.92 Å². The predicted molar refractivity (Wildman–Crippen MR) is 55.0 cm³/mol. The van der Waals surface area contributed by atoms with E-state index in [0.717, 1.165) is 5.76 Å². The van der Waals surface area contributed by atoms with Gasteiger partial charge in [-0.15, -0.1) is 0 Å². The minimum atomic E-state index is 0.0176. The molecule has 14 heavy (non-hydrogen) atoms. The highest BCUT2D eigenvalue weighted by atomic mass is 16.3. The van der Waals surface area contributed by atoms with Crippen molar-refractivity contribution < 1.29 is 9.21 Å². The Kier molecular flexibility index (Phi) is 6.45. The summed E-state index contributed by atoms with van der Waals surface area (Å²) in [5.41, 5.74) is 0. The van der Waals surface area contributed by atoms with Crippen molar-refractivity contribution >= 4 is 5.91 Å². The molecule has 0 atom stereocenters. The van der Waals surface area contributed by atoms with E-state index in [-0.39, 0.29) is 5.91 Å². The second-order valence-corrected chi connectivity index (χ2v) is 2.52. The molecule has 1 aromatic rings. The molecule has 0 fully saturated rings. The van der Waals surface area contributed by atoms with Crippen LogP contribution in [-0.4, -0.2) is 17.9 Å². The van der Waals surface area contributed by atoms with E-state index in [2.05, 4.69) is 10.3 Å². The van der Waals surface area contributed by atoms with Gasteiger partial charge in [-0.25, -0.2) is 4.98 Å². The first kappa shape index (κ1) is 12.7. The van der Waals surface area contributed by atoms with Crippen LogP contribution in [0.15, 0.2) is 10.6 Å². The number of aromatic nitrogens is 1. The van der Waals surface area contributed by atoms with Gasteiger partial charge >= 0.3 is 0 Å². The van der Waals surface area contributed by atoms with Crippen LogP contribution >= 0.6 is 0 Å². The molecule has 0 aromatic carbocycles. The van der Waals surface area contributed by atoms with E-state index in [4.69, 9.17) is 4.42 Å². The fraction of sp³-hybridized carbons (Fsp3) is 0.600. The third-order valence-corrected chi connectivity index (χ3v) is 1.55. The Balaban J connectivity index is 0.000000791. The fourth-order valence-electron chi connectivity index (χ4n) is 0.883. The Morgan fingerprint density at radius 3 is 2.64 bits per heavy atom. The Hall–Kier alpha value is -1.32. The molecular formula is C10H18N2O2. The van der Waals surface area contributed by atoms with Crippen molar-refractivity contribution in [1.82, 2.24) is 10.3 Å². The maximum Gasteiger partial charge on any atom is 0.220 e. The molecule has 1 aromatic heterocycles. The predicted octanol–water partition coefficient (Wildman–Crippen LogP) is 1.69. The van der Waals surface area contributed by atoms with Crippen molar-refractivity contribution in [1.29, 1.82) is 0 Å². The van der Waals surface area contributed by atoms with Gasteiger partial charge in [0, 0.05) is 26.8 Å². The molecule has 0 aliphatic carbocycles. The first-order chi connectivity index (χ1) is 6.72. The summed E-state index contributed by atoms with van der Waals surface area (Å²) < 4.78 is 5.19. The molecule has 0 bridgehead atoms. The van der Waals surface area contributed by atoms with Crippen LogP contribution in [0.25, 0.3) is 0 Å². The second kappa shape index (κ2) is 7.12. The SMILES string of the molecule is CC.CNC(=O)CCc1cnc(C)o1. The van der Waals surface area contributed by atoms with Gasteiger partial charge in [0.15, 0.2) is 5.89 Å². The Morgan fingerprint density at radius 2 is 2.21 bits per heavy atom. The van der Waals surface area contributed by atoms with Crippen molar-refractivity contribution in [2.75, 3.05) is 7.05 Å². The second-order valence-electron chi connectivity index (χ2n) is 2.52. The Bertz CT molecular complexity index is 269. The summed E-state index contributed by atoms with van der Waals surface area (Å²) in [5.74, 6) is 1.42. The number of nitrogens with zero attached hydrogens (tertiary/aromatic N) is 1. The normalized spacial score (nSPS) is 8.86. The van der Waals surface area contributed by atoms with Crippen LogP contribution in [0.5, 0.6) is 0 Å². The highest BCUT2D eigenvalue weighted by Crippen LogP contribution is 2.04. The lowest BCUT2D eigenvalue weighted by Gasteiger charge is -1.95. The quantitative estimate of drug-likeness (QED) is 0.804. The molecule has 4 nitrogen and oxygen atoms in total. The van der Waals surface area contributed by atoms with Crippen molar-refractivity contribution in [3.63, 3.8) is 0 Å². The highest BCUT2D eigenvalue weighted by molar-refractivity contribution is 5.75. The standard InChI is InChI=1S/C8H12N2O2.C2H6/c1-6-10-5-7(12-6)3-4-8(11)9-2;1-2/h5H,3-4H2,1-2H3,(H,9,11);1-2H3. The van der Waals surface area contributed by atoms with E-state index in [0.29, 0.717) is 18.7 Å². The van der Waals surface area contributed by atoms with E-state index in [1.165, 1.54) is 0 Å². The molecule has 1 rings (SSSR count). The first-order valence-corrected chi connectivity index (χ1v) is 4.84. The summed E-state index contributed by atoms with van der Waals surface area (Å²) in [6, 6.07) is 0. The molecule has 0 saturated carbocycles. The zero-order valence-corrected chi connectivity index (χ0v) is 9.26. The van der Waals surface area contributed by atoms with Crippen LogP contribution in [0.1, 0.15) is 31.9 Å². The van der Waals surface area contributed by atoms with Crippen molar-refractivity contribution in [3.05, 3.63) is 17.8 Å². The van der Waals surface area contributed by atoms with Gasteiger partial charge in [-0.3, -0.25) is 4.79 Å². The number of carbonyl (C=O) groups is 1. The average molecular weight is 198 g/mol. The van der Waals surface area contributed by atoms with Gasteiger partial charge in [-0.1, -0.05) is 13.8 Å². The minimum Gasteiger partial charge on any atom is -0.446 e. The van der Waals surface area contributed by atoms with Gasteiger partial charge in [-0.05, 0) is 0 Å². The van der Waals surface area contributed by atoms with Crippen LogP contribution in [-0.2, 0) is 11.2 Å². The zero-order chi connectivity index (χ0) is 11.0. The number of aryl methyl sites for hydroxylation is 2. The molecule has 80 valence electrons. The number of hydrogen-bond acceptors (Lipinski definition) is 3. The number of oxazole rings is 1. The lowest BCUT2D eigenvalue weighted by Crippen LogP contribution is -2.17. The Morgan fingerprint density at radius 1 is 1.57 bits per heavy atom. The monoisotopic (exact) mass is 198 g/mol. The topological polar surface area (TPSA) is 55.1 Å². The van der Waals surface area contributed by atoms with E-state index >= 15 is 0 Å². The molecule has 0 radical (unpaired) electrons. The highest BCUT2D eigenvalue weighted by Gasteiger charge is 2.02. The van der Waals surface area contributed by atoms with Crippen LogP contribution in [0.3, 0.4) is 0 Å². The lowest BCUT2D eigenvalue weighted by molar-refractivity contribution is -0.120. The molecule has 1 amide bonds. The number of amides is 1. The molecule has 4 heteroatoms. The summed E-state index contributed by atoms with van der Waals surface area (Å²) in [6.45, 7) is 5.78. The summed E-state index contributed by atoms with van der Waals surface area (Å²) in [5, 5.41) is 2.54. The molecule has 0 unspecified atom stereocenters. The fourth-order valence-corrected chi connectivity index (χ4v) is 0.883. The van der Waals surface area contributed by atoms with Gasteiger partial charge in [0.05, 0.1) is 6.20 Å². The largest absolute Gasteiger partial charge is 0.446 e. The van der Waals surface area contributed by atoms with Crippen LogP contribution in [0.4, 0.5) is 0 Å². The molecule has 0 spiro atoms. The Labute approximate surface area is 84.7 Å². The number of rotatable bonds is 3. The zero-order valence-electron chi connectivity index (χ0n) is 9.26. The van der Waals surface area contributed by atoms with Crippen molar-refractivity contribution in [2.24, 2.45) is 0 Å². The molecular weight excluding hydrogens is 180 g/mol. The summed E-state index contributed by atoms with van der Waals surface area (Å²) >= 11 is 0. The third-order valence-electron chi connectivity index (χ3n) is 1.55. The number of hydrogen-bond donors (Lipinski definition) is 1. The third kappa shape index (κ3) is 4.64. The van der Waals surface area contributed by atoms with Crippen molar-refractivity contribution in [2.45, 2.75) is 33.6 Å². The molecule has 1 heterocycles. The maximum absolute atomic E-state index is 10.8. The smallest absolute Gasteiger partial charge is 0.220 e. The van der Waals surface area contributed by atoms with Gasteiger partial charge in [0.25, 0.3) is 0 Å². The maximum atomic E-state index is 10.8. The van der Waals surface area contributed by atoms with Crippen LogP contribution < -0.4 is 5.32 Å². The summed E-state index contributed by atoms with van der Waals surface area (Å²) in [6.07, 6.45) is 2.71. The van der Waals surface area contributed by atoms with Gasteiger partial charge < -0.3 is 9.73 Å². The first-order valence-electron chi connectivity index (χ1n) is 4.84. The minimum absolute atomic E-state index is 0.0176. The molecule has 0 aliphatic heterocycles. The summed E-state index contributed by atoms with van der Waals surface area (Å²) in [4.78, 5) is 14.7. The average Bonchev–Trinajstić information content (AvgIpc) is 2.64. The van der Waals surface area contributed by atoms with E-state index < -0.39 is 0 Å². The number of nitrogens with one attached hydrogen (secondary N) is 1. The van der Waals surface area contributed by atoms with E-state index in [1.807, 2.05) is 13.8 Å². The summed E-state index contributed by atoms with van der Waals surface area (Å²) in [7, 11) is 1.62. The van der Waals surface area contributed by atoms with Gasteiger partial charge in [0.1, 0.15) is 5.76 Å². The number of carbonyl (C=O) groups excluding carboxylic acids is 1. The van der Waals surface area contributed by atoms with Gasteiger partial charge in [0.2, 0.25) is 5.91 Å². The van der Waals surface area contributed by atoms with Gasteiger partial charge in [-0.2, -0.15) is 0 Å². The van der Waals surface area contributed by atoms with E-state index in [1.54, 1.807) is 20.2 Å². The molecule has 0 aliphatic rings.